The van der Waals surface area contributed by atoms with E-state index in [0.717, 1.165) is 0 Å². The van der Waals surface area contributed by atoms with Gasteiger partial charge >= 0.3 is 5.97 Å². The molecule has 2 N–H and O–H groups in total. The van der Waals surface area contributed by atoms with Gasteiger partial charge in [0.25, 0.3) is 5.91 Å². The van der Waals surface area contributed by atoms with Gasteiger partial charge in [0.1, 0.15) is 11.5 Å². The third-order valence-corrected chi connectivity index (χ3v) is 4.23. The van der Waals surface area contributed by atoms with E-state index >= 15 is 0 Å². The summed E-state index contributed by atoms with van der Waals surface area (Å²) >= 11 is 12.3. The minimum Gasteiger partial charge on any atom is -0.481 e. The highest BCUT2D eigenvalue weighted by atomic mass is 35.5. The van der Waals surface area contributed by atoms with Gasteiger partial charge in [0.15, 0.2) is 0 Å². The summed E-state index contributed by atoms with van der Waals surface area (Å²) in [6, 6.07) is 4.43. The molecule has 0 aliphatic heterocycles. The molecule has 24 heavy (non-hydrogen) atoms. The predicted octanol–water partition coefficient (Wildman–Crippen LogP) is 2.72. The molecule has 0 saturated carbocycles. The van der Waals surface area contributed by atoms with Gasteiger partial charge in [-0.3, -0.25) is 9.59 Å². The Balaban J connectivity index is 2.29. The van der Waals surface area contributed by atoms with E-state index in [1.54, 1.807) is 32.0 Å². The van der Waals surface area contributed by atoms with E-state index in [0.29, 0.717) is 21.6 Å². The number of hydrogen-bond donors (Lipinski definition) is 2. The van der Waals surface area contributed by atoms with E-state index in [9.17, 15) is 9.59 Å². The molecule has 0 bridgehead atoms. The zero-order chi connectivity index (χ0) is 18.0. The van der Waals surface area contributed by atoms with Crippen LogP contribution in [0.15, 0.2) is 18.2 Å². The number of nitrogens with one attached hydrogen (secondary N) is 1. The van der Waals surface area contributed by atoms with Crippen molar-refractivity contribution in [3.05, 3.63) is 39.9 Å². The number of amides is 1. The number of nitrogens with zero attached hydrogens (tertiary/aromatic N) is 3. The summed E-state index contributed by atoms with van der Waals surface area (Å²) in [5.41, 5.74) is 0.428. The summed E-state index contributed by atoms with van der Waals surface area (Å²) in [6.45, 7) is 4.77. The standard InChI is InChI=1S/C15H16Cl2N4O3/c1-7(15(23)24)8(2)18-14(22)13-19-9(3)21(20-13)12-10(16)5-4-6-11(12)17/h4-8H,1-3H3,(H,18,22)(H,23,24). The third-order valence-electron chi connectivity index (χ3n) is 3.62. The second-order valence-electron chi connectivity index (χ2n) is 5.35. The summed E-state index contributed by atoms with van der Waals surface area (Å²) in [4.78, 5) is 27.3. The van der Waals surface area contributed by atoms with Crippen LogP contribution in [0.2, 0.25) is 10.0 Å². The smallest absolute Gasteiger partial charge is 0.308 e. The first-order valence-electron chi connectivity index (χ1n) is 7.14. The van der Waals surface area contributed by atoms with Crippen LogP contribution < -0.4 is 5.32 Å². The monoisotopic (exact) mass is 370 g/mol. The van der Waals surface area contributed by atoms with Crippen LogP contribution in [0.1, 0.15) is 30.3 Å². The van der Waals surface area contributed by atoms with E-state index in [4.69, 9.17) is 28.3 Å². The zero-order valence-electron chi connectivity index (χ0n) is 13.2. The van der Waals surface area contributed by atoms with Crippen LogP contribution in [0.3, 0.4) is 0 Å². The van der Waals surface area contributed by atoms with Gasteiger partial charge in [0.2, 0.25) is 5.82 Å². The summed E-state index contributed by atoms with van der Waals surface area (Å²) in [7, 11) is 0. The fourth-order valence-corrected chi connectivity index (χ4v) is 2.56. The molecule has 1 amide bonds. The number of hydrogen-bond acceptors (Lipinski definition) is 4. The highest BCUT2D eigenvalue weighted by Gasteiger charge is 2.24. The highest BCUT2D eigenvalue weighted by Crippen LogP contribution is 2.28. The summed E-state index contributed by atoms with van der Waals surface area (Å²) in [5.74, 6) is -1.97. The first-order valence-corrected chi connectivity index (χ1v) is 7.89. The van der Waals surface area contributed by atoms with E-state index in [-0.39, 0.29) is 5.82 Å². The van der Waals surface area contributed by atoms with Crippen molar-refractivity contribution in [1.29, 1.82) is 0 Å². The Morgan fingerprint density at radius 3 is 2.38 bits per heavy atom. The number of aromatic nitrogens is 3. The van der Waals surface area contributed by atoms with Crippen LogP contribution in [0.4, 0.5) is 0 Å². The van der Waals surface area contributed by atoms with Crippen molar-refractivity contribution in [2.24, 2.45) is 5.92 Å². The van der Waals surface area contributed by atoms with Crippen molar-refractivity contribution in [2.45, 2.75) is 26.8 Å². The molecule has 1 aromatic carbocycles. The van der Waals surface area contributed by atoms with Gasteiger partial charge in [-0.05, 0) is 32.9 Å². The van der Waals surface area contributed by atoms with Gasteiger partial charge < -0.3 is 10.4 Å². The maximum atomic E-state index is 12.2. The van der Waals surface area contributed by atoms with Gasteiger partial charge in [-0.1, -0.05) is 29.3 Å². The SMILES string of the molecule is Cc1nc(C(=O)NC(C)C(C)C(=O)O)nn1-c1c(Cl)cccc1Cl. The van der Waals surface area contributed by atoms with Crippen LogP contribution in [0.25, 0.3) is 5.69 Å². The van der Waals surface area contributed by atoms with Crippen LogP contribution >= 0.6 is 23.2 Å². The number of carboxylic acids is 1. The molecule has 0 spiro atoms. The van der Waals surface area contributed by atoms with Crippen LogP contribution in [0.5, 0.6) is 0 Å². The van der Waals surface area contributed by atoms with Crippen molar-refractivity contribution in [3.63, 3.8) is 0 Å². The van der Waals surface area contributed by atoms with Gasteiger partial charge in [-0.25, -0.2) is 9.67 Å². The van der Waals surface area contributed by atoms with Crippen LogP contribution in [-0.2, 0) is 4.79 Å². The zero-order valence-corrected chi connectivity index (χ0v) is 14.8. The maximum Gasteiger partial charge on any atom is 0.308 e. The fraction of sp³-hybridized carbons (Fsp3) is 0.333. The van der Waals surface area contributed by atoms with Crippen molar-refractivity contribution in [1.82, 2.24) is 20.1 Å². The lowest BCUT2D eigenvalue weighted by Gasteiger charge is -2.16. The van der Waals surface area contributed by atoms with E-state index in [1.165, 1.54) is 11.6 Å². The van der Waals surface area contributed by atoms with Crippen LogP contribution in [0, 0.1) is 12.8 Å². The average Bonchev–Trinajstić information content (AvgIpc) is 2.88. The number of para-hydroxylation sites is 1. The van der Waals surface area contributed by atoms with Gasteiger partial charge in [0, 0.05) is 6.04 Å². The van der Waals surface area contributed by atoms with E-state index < -0.39 is 23.8 Å². The van der Waals surface area contributed by atoms with Crippen molar-refractivity contribution >= 4 is 35.1 Å². The van der Waals surface area contributed by atoms with Gasteiger partial charge in [0.05, 0.1) is 16.0 Å². The molecule has 1 heterocycles. The molecule has 1 aromatic heterocycles. The lowest BCUT2D eigenvalue weighted by Crippen LogP contribution is -2.40. The molecule has 0 saturated heterocycles. The quantitative estimate of drug-likeness (QED) is 0.842. The lowest BCUT2D eigenvalue weighted by atomic mass is 10.0. The van der Waals surface area contributed by atoms with Gasteiger partial charge in [-0.2, -0.15) is 0 Å². The average molecular weight is 371 g/mol. The molecule has 7 nitrogen and oxygen atoms in total. The Morgan fingerprint density at radius 1 is 1.25 bits per heavy atom. The minimum atomic E-state index is -1.000. The molecule has 0 aliphatic carbocycles. The Hall–Kier alpha value is -2.12. The molecule has 9 heteroatoms. The van der Waals surface area contributed by atoms with Crippen LogP contribution in [-0.4, -0.2) is 37.8 Å². The minimum absolute atomic E-state index is 0.0899. The molecule has 2 unspecified atom stereocenters. The second-order valence-corrected chi connectivity index (χ2v) is 6.17. The summed E-state index contributed by atoms with van der Waals surface area (Å²) in [5, 5.41) is 16.4. The number of halogens is 2. The number of benzene rings is 1. The molecular formula is C15H16Cl2N4O3. The number of carbonyl (C=O) groups is 2. The largest absolute Gasteiger partial charge is 0.481 e. The van der Waals surface area contributed by atoms with E-state index in [1.807, 2.05) is 0 Å². The first-order chi connectivity index (χ1) is 11.2. The molecule has 2 atom stereocenters. The molecule has 2 rings (SSSR count). The van der Waals surface area contributed by atoms with Crippen molar-refractivity contribution in [2.75, 3.05) is 0 Å². The third kappa shape index (κ3) is 3.68. The predicted molar refractivity (Wildman–Crippen MR) is 89.8 cm³/mol. The summed E-state index contributed by atoms with van der Waals surface area (Å²) in [6.07, 6.45) is 0. The Labute approximate surface area is 148 Å². The van der Waals surface area contributed by atoms with Gasteiger partial charge in [-0.15, -0.1) is 5.10 Å². The molecular weight excluding hydrogens is 355 g/mol. The Kier molecular flexibility index (Phi) is 5.46. The number of aliphatic carboxylic acids is 1. The second kappa shape index (κ2) is 7.19. The summed E-state index contributed by atoms with van der Waals surface area (Å²) < 4.78 is 1.38. The topological polar surface area (TPSA) is 97.1 Å². The molecule has 0 fully saturated rings. The van der Waals surface area contributed by atoms with Crippen molar-refractivity contribution < 1.29 is 14.7 Å². The normalized spacial score (nSPS) is 13.4. The Morgan fingerprint density at radius 2 is 1.83 bits per heavy atom. The number of aryl methyl sites for hydroxylation is 1. The highest BCUT2D eigenvalue weighted by molar-refractivity contribution is 6.37. The van der Waals surface area contributed by atoms with Crippen molar-refractivity contribution in [3.8, 4) is 5.69 Å². The Bertz CT molecular complexity index is 771. The lowest BCUT2D eigenvalue weighted by molar-refractivity contribution is -0.141. The fourth-order valence-electron chi connectivity index (χ4n) is 2.00. The maximum absolute atomic E-state index is 12.2. The molecule has 0 aliphatic rings. The number of carboxylic acid groups (broad SMARTS) is 1. The number of rotatable bonds is 5. The number of carbonyl (C=O) groups excluding carboxylic acids is 1. The van der Waals surface area contributed by atoms with E-state index in [2.05, 4.69) is 15.4 Å². The molecule has 128 valence electrons. The molecule has 2 aromatic rings. The first kappa shape index (κ1) is 18.2. The molecule has 0 radical (unpaired) electrons.